The van der Waals surface area contributed by atoms with E-state index in [1.807, 2.05) is 0 Å². The molecule has 2 heterocycles. The minimum absolute atomic E-state index is 1.15. The van der Waals surface area contributed by atoms with Crippen LogP contribution in [-0.2, 0) is 0 Å². The number of para-hydroxylation sites is 2. The fourth-order valence-electron chi connectivity index (χ4n) is 11.0. The van der Waals surface area contributed by atoms with Crippen LogP contribution in [0.15, 0.2) is 255 Å². The van der Waals surface area contributed by atoms with Crippen molar-refractivity contribution >= 4 is 75.9 Å². The largest absolute Gasteiger partial charge is 0.309 e. The van der Waals surface area contributed by atoms with Gasteiger partial charge in [-0.15, -0.1) is 0 Å². The highest BCUT2D eigenvalue weighted by Gasteiger charge is 2.17. The maximum Gasteiger partial charge on any atom is 0.0541 e. The third-order valence-corrected chi connectivity index (χ3v) is 14.3. The van der Waals surface area contributed by atoms with Gasteiger partial charge in [-0.2, -0.15) is 0 Å². The lowest BCUT2D eigenvalue weighted by Gasteiger charge is -2.12. The lowest BCUT2D eigenvalue weighted by atomic mass is 9.95. The lowest BCUT2D eigenvalue weighted by Crippen LogP contribution is -1.94. The zero-order valence-electron chi connectivity index (χ0n) is 37.1. The SMILES string of the molecule is c1ccc(-c2ccc(-c3ccc(-n4c5ccccc5c5cc(-c6ccc7c(c6)c6ccccc6n7-c6cccc(-c7ccc8c(ccc9c%10ccccc%10ccc89)c7)c6)ccc54)cc3)cc2)cc1. The zero-order chi connectivity index (χ0) is 44.7. The highest BCUT2D eigenvalue weighted by Crippen LogP contribution is 2.40. The van der Waals surface area contributed by atoms with Gasteiger partial charge in [0.15, 0.2) is 0 Å². The number of aromatic nitrogens is 2. The maximum atomic E-state index is 2.43. The summed E-state index contributed by atoms with van der Waals surface area (Å²) in [5.74, 6) is 0. The van der Waals surface area contributed by atoms with Crippen LogP contribution in [0.25, 0.3) is 132 Å². The van der Waals surface area contributed by atoms with Gasteiger partial charge in [0, 0.05) is 32.9 Å². The number of nitrogens with zero attached hydrogens (tertiary/aromatic N) is 2. The molecule has 0 saturated carbocycles. The van der Waals surface area contributed by atoms with Crippen LogP contribution in [-0.4, -0.2) is 9.13 Å². The molecule has 2 nitrogen and oxygen atoms in total. The molecule has 0 atom stereocenters. The van der Waals surface area contributed by atoms with Crippen LogP contribution >= 0.6 is 0 Å². The number of fused-ring (bicyclic) bond motifs is 11. The minimum atomic E-state index is 1.15. The third kappa shape index (κ3) is 6.12. The number of hydrogen-bond acceptors (Lipinski definition) is 0. The van der Waals surface area contributed by atoms with Crippen LogP contribution in [0, 0.1) is 0 Å². The molecule has 14 rings (SSSR count). The molecule has 0 aliphatic heterocycles. The fraction of sp³-hybridized carbons (Fsp3) is 0. The van der Waals surface area contributed by atoms with E-state index in [1.165, 1.54) is 120 Å². The first kappa shape index (κ1) is 38.3. The van der Waals surface area contributed by atoms with Crippen LogP contribution in [0.4, 0.5) is 0 Å². The van der Waals surface area contributed by atoms with Gasteiger partial charge in [-0.1, -0.05) is 188 Å². The average Bonchev–Trinajstić information content (AvgIpc) is 3.93. The van der Waals surface area contributed by atoms with E-state index in [-0.39, 0.29) is 0 Å². The Morgan fingerprint density at radius 3 is 1.24 bits per heavy atom. The van der Waals surface area contributed by atoms with Gasteiger partial charge in [0.25, 0.3) is 0 Å². The fourth-order valence-corrected chi connectivity index (χ4v) is 11.0. The van der Waals surface area contributed by atoms with E-state index in [2.05, 4.69) is 264 Å². The summed E-state index contributed by atoms with van der Waals surface area (Å²) in [5.41, 5.74) is 16.8. The van der Waals surface area contributed by atoms with Crippen molar-refractivity contribution in [2.24, 2.45) is 0 Å². The Morgan fingerprint density at radius 2 is 0.588 bits per heavy atom. The molecule has 14 aromatic rings. The second-order valence-electron chi connectivity index (χ2n) is 18.1. The Balaban J connectivity index is 0.817. The molecule has 0 unspecified atom stereocenters. The van der Waals surface area contributed by atoms with Crippen LogP contribution in [0.3, 0.4) is 0 Å². The van der Waals surface area contributed by atoms with E-state index in [0.717, 1.165) is 11.4 Å². The predicted octanol–water partition coefficient (Wildman–Crippen LogP) is 18.0. The standard InChI is InChI=1S/C66H42N2/c1-2-11-43(12-3-1)44-21-23-45(24-22-44)46-25-32-53(33-26-46)67-63-19-8-6-17-59(63)61-41-50(30-37-65(61)67)51-31-38-66-62(42-51)60-18-7-9-20-64(60)68(66)54-15-10-14-48(40-54)49-28-34-56-52(39-49)29-36-57-55-16-5-4-13-47(55)27-35-58(56)57/h1-42H. The Labute approximate surface area is 393 Å². The zero-order valence-corrected chi connectivity index (χ0v) is 37.1. The second-order valence-corrected chi connectivity index (χ2v) is 18.1. The molecule has 12 aromatic carbocycles. The first-order valence-electron chi connectivity index (χ1n) is 23.5. The Kier molecular flexibility index (Phi) is 8.62. The minimum Gasteiger partial charge on any atom is -0.309 e. The van der Waals surface area contributed by atoms with E-state index in [4.69, 9.17) is 0 Å². The van der Waals surface area contributed by atoms with Gasteiger partial charge in [0.05, 0.1) is 22.1 Å². The lowest BCUT2D eigenvalue weighted by molar-refractivity contribution is 1.18. The molecule has 0 saturated heterocycles. The highest BCUT2D eigenvalue weighted by molar-refractivity contribution is 6.18. The number of rotatable bonds is 6. The maximum absolute atomic E-state index is 2.43. The van der Waals surface area contributed by atoms with Gasteiger partial charge in [-0.05, 0) is 144 Å². The first-order valence-corrected chi connectivity index (χ1v) is 23.5. The van der Waals surface area contributed by atoms with E-state index in [9.17, 15) is 0 Å². The Morgan fingerprint density at radius 1 is 0.176 bits per heavy atom. The van der Waals surface area contributed by atoms with Crippen molar-refractivity contribution in [2.45, 2.75) is 0 Å². The smallest absolute Gasteiger partial charge is 0.0541 e. The van der Waals surface area contributed by atoms with E-state index < -0.39 is 0 Å². The molecule has 2 heteroatoms. The summed E-state index contributed by atoms with van der Waals surface area (Å²) in [6.45, 7) is 0. The van der Waals surface area contributed by atoms with Crippen molar-refractivity contribution in [1.82, 2.24) is 9.13 Å². The van der Waals surface area contributed by atoms with Gasteiger partial charge in [0.1, 0.15) is 0 Å². The van der Waals surface area contributed by atoms with Crippen LogP contribution in [0.5, 0.6) is 0 Å². The topological polar surface area (TPSA) is 9.86 Å². The molecule has 0 spiro atoms. The Hall–Kier alpha value is -8.98. The van der Waals surface area contributed by atoms with Gasteiger partial charge in [0.2, 0.25) is 0 Å². The molecule has 0 N–H and O–H groups in total. The van der Waals surface area contributed by atoms with Crippen molar-refractivity contribution in [3.8, 4) is 55.9 Å². The molecule has 68 heavy (non-hydrogen) atoms. The summed E-state index contributed by atoms with van der Waals surface area (Å²) in [5, 5.41) is 12.7. The second kappa shape index (κ2) is 15.3. The van der Waals surface area contributed by atoms with E-state index in [0.29, 0.717) is 0 Å². The Bertz CT molecular complexity index is 4290. The molecular weight excluding hydrogens is 821 g/mol. The molecule has 0 amide bonds. The molecule has 0 aliphatic carbocycles. The normalized spacial score (nSPS) is 11.8. The molecular formula is C66H42N2. The molecule has 316 valence electrons. The monoisotopic (exact) mass is 862 g/mol. The quantitative estimate of drug-likeness (QED) is 0.147. The van der Waals surface area contributed by atoms with Crippen molar-refractivity contribution in [3.63, 3.8) is 0 Å². The first-order chi connectivity index (χ1) is 33.7. The predicted molar refractivity (Wildman–Crippen MR) is 289 cm³/mol. The average molecular weight is 863 g/mol. The van der Waals surface area contributed by atoms with Gasteiger partial charge in [-0.3, -0.25) is 0 Å². The van der Waals surface area contributed by atoms with Gasteiger partial charge < -0.3 is 9.13 Å². The number of hydrogen-bond donors (Lipinski definition) is 0. The summed E-state index contributed by atoms with van der Waals surface area (Å²) < 4.78 is 4.84. The van der Waals surface area contributed by atoms with Crippen LogP contribution in [0.2, 0.25) is 0 Å². The highest BCUT2D eigenvalue weighted by atomic mass is 15.0. The third-order valence-electron chi connectivity index (χ3n) is 14.3. The summed E-state index contributed by atoms with van der Waals surface area (Å²) in [7, 11) is 0. The van der Waals surface area contributed by atoms with Crippen molar-refractivity contribution in [1.29, 1.82) is 0 Å². The summed E-state index contributed by atoms with van der Waals surface area (Å²) >= 11 is 0. The molecule has 2 aromatic heterocycles. The van der Waals surface area contributed by atoms with Crippen LogP contribution in [0.1, 0.15) is 0 Å². The van der Waals surface area contributed by atoms with Crippen molar-refractivity contribution in [2.75, 3.05) is 0 Å². The van der Waals surface area contributed by atoms with E-state index in [1.54, 1.807) is 0 Å². The summed E-state index contributed by atoms with van der Waals surface area (Å²) in [4.78, 5) is 0. The summed E-state index contributed by atoms with van der Waals surface area (Å²) in [6, 6.07) is 93.7. The van der Waals surface area contributed by atoms with Crippen molar-refractivity contribution in [3.05, 3.63) is 255 Å². The van der Waals surface area contributed by atoms with Crippen LogP contribution < -0.4 is 0 Å². The molecule has 0 aliphatic rings. The van der Waals surface area contributed by atoms with E-state index >= 15 is 0 Å². The molecule has 0 radical (unpaired) electrons. The summed E-state index contributed by atoms with van der Waals surface area (Å²) in [6.07, 6.45) is 0. The molecule has 0 fully saturated rings. The number of benzene rings is 12. The van der Waals surface area contributed by atoms with Gasteiger partial charge >= 0.3 is 0 Å². The van der Waals surface area contributed by atoms with Gasteiger partial charge in [-0.25, -0.2) is 0 Å². The van der Waals surface area contributed by atoms with Crippen molar-refractivity contribution < 1.29 is 0 Å². The molecule has 0 bridgehead atoms.